The predicted octanol–water partition coefficient (Wildman–Crippen LogP) is 2.18. The normalized spacial score (nSPS) is 11.8. The number of aromatic nitrogens is 2. The van der Waals surface area contributed by atoms with Crippen LogP contribution in [-0.4, -0.2) is 15.2 Å². The summed E-state index contributed by atoms with van der Waals surface area (Å²) in [4.78, 5) is 8.15. The van der Waals surface area contributed by atoms with E-state index in [0.717, 1.165) is 5.56 Å². The predicted molar refractivity (Wildman–Crippen MR) is 81.0 cm³/mol. The Hall–Kier alpha value is -2.26. The van der Waals surface area contributed by atoms with E-state index >= 15 is 0 Å². The summed E-state index contributed by atoms with van der Waals surface area (Å²) in [6.45, 7) is 2.03. The summed E-state index contributed by atoms with van der Waals surface area (Å²) >= 11 is 1.27. The van der Waals surface area contributed by atoms with Crippen molar-refractivity contribution in [3.05, 3.63) is 41.5 Å². The van der Waals surface area contributed by atoms with E-state index in [0.29, 0.717) is 23.2 Å². The van der Waals surface area contributed by atoms with Crippen molar-refractivity contribution >= 4 is 23.4 Å². The molecule has 0 fully saturated rings. The zero-order valence-electron chi connectivity index (χ0n) is 11.1. The molecule has 1 aromatic heterocycles. The van der Waals surface area contributed by atoms with Crippen molar-refractivity contribution in [3.63, 3.8) is 0 Å². The van der Waals surface area contributed by atoms with Crippen LogP contribution in [0.25, 0.3) is 0 Å². The number of nitrogens with zero attached hydrogens (tertiary/aromatic N) is 3. The molecule has 0 aliphatic carbocycles. The highest BCUT2D eigenvalue weighted by Crippen LogP contribution is 2.24. The number of thioether (sulfide) groups is 1. The first-order valence-electron chi connectivity index (χ1n) is 6.08. The summed E-state index contributed by atoms with van der Waals surface area (Å²) in [6, 6.07) is 11.9. The smallest absolute Gasteiger partial charge is 0.192 e. The van der Waals surface area contributed by atoms with Gasteiger partial charge in [-0.1, -0.05) is 41.6 Å². The van der Waals surface area contributed by atoms with Gasteiger partial charge >= 0.3 is 0 Å². The zero-order chi connectivity index (χ0) is 14.5. The highest BCUT2D eigenvalue weighted by atomic mass is 32.2. The minimum atomic E-state index is -0.279. The highest BCUT2D eigenvalue weighted by Gasteiger charge is 2.13. The molecule has 0 aliphatic heterocycles. The van der Waals surface area contributed by atoms with Crippen molar-refractivity contribution in [2.75, 3.05) is 11.5 Å². The third-order valence-corrected chi connectivity index (χ3v) is 3.63. The van der Waals surface area contributed by atoms with Crippen LogP contribution in [0.2, 0.25) is 0 Å². The van der Waals surface area contributed by atoms with Crippen LogP contribution in [0.3, 0.4) is 0 Å². The molecule has 0 radical (unpaired) electrons. The fourth-order valence-electron chi connectivity index (χ4n) is 1.69. The summed E-state index contributed by atoms with van der Waals surface area (Å²) in [5, 5.41) is 9.41. The van der Waals surface area contributed by atoms with Crippen LogP contribution >= 0.6 is 11.8 Å². The van der Waals surface area contributed by atoms with Gasteiger partial charge < -0.3 is 11.5 Å². The number of hydrogen-bond acceptors (Lipinski definition) is 6. The lowest BCUT2D eigenvalue weighted by Crippen LogP contribution is -2.07. The van der Waals surface area contributed by atoms with Crippen molar-refractivity contribution in [1.82, 2.24) is 9.97 Å². The first-order valence-corrected chi connectivity index (χ1v) is 6.96. The lowest BCUT2D eigenvalue weighted by Gasteiger charge is -2.09. The summed E-state index contributed by atoms with van der Waals surface area (Å²) in [6.07, 6.45) is 0.625. The van der Waals surface area contributed by atoms with Crippen molar-refractivity contribution in [1.29, 1.82) is 5.26 Å². The third-order valence-electron chi connectivity index (χ3n) is 2.68. The number of benzene rings is 1. The summed E-state index contributed by atoms with van der Waals surface area (Å²) in [5.74, 6) is 0.624. The molecule has 0 amide bonds. The first kappa shape index (κ1) is 14.2. The molecule has 0 saturated carbocycles. The van der Waals surface area contributed by atoms with E-state index < -0.39 is 0 Å². The number of rotatable bonds is 4. The Morgan fingerprint density at radius 1 is 1.20 bits per heavy atom. The van der Waals surface area contributed by atoms with Gasteiger partial charge in [0.05, 0.1) is 6.07 Å². The largest absolute Gasteiger partial charge is 0.383 e. The van der Waals surface area contributed by atoms with E-state index in [9.17, 15) is 5.26 Å². The van der Waals surface area contributed by atoms with E-state index in [1.54, 1.807) is 0 Å². The molecule has 1 aromatic carbocycles. The standard InChI is InChI=1S/C14H15N5S/c1-9-2-4-10(5-3-9)6-11(8-15)20-14-18-12(16)7-13(17)19-14/h2-5,7,11H,6H2,1H3,(H4,16,17,18,19). The molecule has 4 N–H and O–H groups in total. The molecule has 102 valence electrons. The number of nitrogens with two attached hydrogens (primary N) is 2. The quantitative estimate of drug-likeness (QED) is 0.659. The maximum atomic E-state index is 9.25. The van der Waals surface area contributed by atoms with E-state index in [-0.39, 0.29) is 5.25 Å². The van der Waals surface area contributed by atoms with Gasteiger partial charge in [0.15, 0.2) is 5.16 Å². The topological polar surface area (TPSA) is 102 Å². The monoisotopic (exact) mass is 285 g/mol. The molecule has 20 heavy (non-hydrogen) atoms. The van der Waals surface area contributed by atoms with Gasteiger partial charge in [-0.15, -0.1) is 0 Å². The molecule has 6 heteroatoms. The molecule has 2 aromatic rings. The fourth-order valence-corrected chi connectivity index (χ4v) is 2.59. The molecule has 1 atom stereocenters. The second-order valence-electron chi connectivity index (χ2n) is 4.43. The summed E-state index contributed by atoms with van der Waals surface area (Å²) < 4.78 is 0. The van der Waals surface area contributed by atoms with Crippen LogP contribution in [0.1, 0.15) is 11.1 Å². The van der Waals surface area contributed by atoms with Crippen molar-refractivity contribution in [2.45, 2.75) is 23.8 Å². The van der Waals surface area contributed by atoms with Gasteiger partial charge in [-0.05, 0) is 18.9 Å². The Morgan fingerprint density at radius 3 is 2.35 bits per heavy atom. The van der Waals surface area contributed by atoms with Crippen molar-refractivity contribution in [3.8, 4) is 6.07 Å². The average molecular weight is 285 g/mol. The van der Waals surface area contributed by atoms with E-state index in [1.165, 1.54) is 23.4 Å². The SMILES string of the molecule is Cc1ccc(CC(C#N)Sc2nc(N)cc(N)n2)cc1. The van der Waals surface area contributed by atoms with Crippen LogP contribution in [0.5, 0.6) is 0 Å². The number of nitrogen functional groups attached to an aromatic ring is 2. The van der Waals surface area contributed by atoms with Crippen LogP contribution < -0.4 is 11.5 Å². The Bertz CT molecular complexity index is 613. The molecule has 0 aliphatic rings. The van der Waals surface area contributed by atoms with Gasteiger partial charge in [-0.25, -0.2) is 9.97 Å². The molecular formula is C14H15N5S. The molecule has 5 nitrogen and oxygen atoms in total. The molecule has 0 saturated heterocycles. The maximum absolute atomic E-state index is 9.25. The average Bonchev–Trinajstić information content (AvgIpc) is 2.39. The van der Waals surface area contributed by atoms with Gasteiger partial charge in [-0.3, -0.25) is 0 Å². The van der Waals surface area contributed by atoms with Crippen LogP contribution in [0, 0.1) is 18.3 Å². The third kappa shape index (κ3) is 3.87. The van der Waals surface area contributed by atoms with Gasteiger partial charge in [0.25, 0.3) is 0 Å². The van der Waals surface area contributed by atoms with E-state index in [2.05, 4.69) is 16.0 Å². The lowest BCUT2D eigenvalue weighted by molar-refractivity contribution is 0.959. The molecule has 0 spiro atoms. The van der Waals surface area contributed by atoms with Crippen molar-refractivity contribution in [2.24, 2.45) is 0 Å². The van der Waals surface area contributed by atoms with Gasteiger partial charge in [-0.2, -0.15) is 5.26 Å². The Morgan fingerprint density at radius 2 is 1.80 bits per heavy atom. The fraction of sp³-hybridized carbons (Fsp3) is 0.214. The van der Waals surface area contributed by atoms with Gasteiger partial charge in [0.2, 0.25) is 0 Å². The van der Waals surface area contributed by atoms with Crippen molar-refractivity contribution < 1.29 is 0 Å². The molecule has 2 rings (SSSR count). The van der Waals surface area contributed by atoms with Crippen LogP contribution in [-0.2, 0) is 6.42 Å². The minimum Gasteiger partial charge on any atom is -0.383 e. The minimum absolute atomic E-state index is 0.279. The van der Waals surface area contributed by atoms with E-state index in [4.69, 9.17) is 11.5 Å². The molecule has 0 bridgehead atoms. The Labute approximate surface area is 122 Å². The Balaban J connectivity index is 2.09. The first-order chi connectivity index (χ1) is 9.56. The summed E-state index contributed by atoms with van der Waals surface area (Å²) in [5.41, 5.74) is 13.5. The van der Waals surface area contributed by atoms with Crippen LogP contribution in [0.4, 0.5) is 11.6 Å². The van der Waals surface area contributed by atoms with E-state index in [1.807, 2.05) is 31.2 Å². The summed E-state index contributed by atoms with van der Waals surface area (Å²) in [7, 11) is 0. The number of anilines is 2. The maximum Gasteiger partial charge on any atom is 0.192 e. The molecular weight excluding hydrogens is 270 g/mol. The second-order valence-corrected chi connectivity index (χ2v) is 5.60. The number of hydrogen-bond donors (Lipinski definition) is 2. The van der Waals surface area contributed by atoms with Crippen LogP contribution in [0.15, 0.2) is 35.5 Å². The molecule has 1 heterocycles. The highest BCUT2D eigenvalue weighted by molar-refractivity contribution is 8.00. The zero-order valence-corrected chi connectivity index (χ0v) is 11.9. The lowest BCUT2D eigenvalue weighted by atomic mass is 10.1. The number of aryl methyl sites for hydroxylation is 1. The number of nitriles is 1. The Kier molecular flexibility index (Phi) is 4.43. The second kappa shape index (κ2) is 6.26. The van der Waals surface area contributed by atoms with Gasteiger partial charge in [0, 0.05) is 6.07 Å². The van der Waals surface area contributed by atoms with Gasteiger partial charge in [0.1, 0.15) is 16.9 Å². The molecule has 1 unspecified atom stereocenters.